The highest BCUT2D eigenvalue weighted by atomic mass is 79.9. The molecule has 0 saturated heterocycles. The summed E-state index contributed by atoms with van der Waals surface area (Å²) in [5.41, 5.74) is 0.252. The zero-order valence-corrected chi connectivity index (χ0v) is 10.2. The van der Waals surface area contributed by atoms with Crippen LogP contribution < -0.4 is 5.32 Å². The Morgan fingerprint density at radius 3 is 2.82 bits per heavy atom. The Labute approximate surface area is 106 Å². The van der Waals surface area contributed by atoms with E-state index in [0.29, 0.717) is 10.3 Å². The van der Waals surface area contributed by atoms with Crippen molar-refractivity contribution >= 4 is 27.7 Å². The van der Waals surface area contributed by atoms with Gasteiger partial charge in [-0.05, 0) is 46.3 Å². The van der Waals surface area contributed by atoms with Gasteiger partial charge in [0.2, 0.25) is 0 Å². The molecule has 2 aromatic rings. The van der Waals surface area contributed by atoms with Gasteiger partial charge in [-0.2, -0.15) is 0 Å². The van der Waals surface area contributed by atoms with Crippen LogP contribution in [0.25, 0.3) is 0 Å². The molecule has 2 rings (SSSR count). The smallest absolute Gasteiger partial charge is 0.256 e. The van der Waals surface area contributed by atoms with E-state index in [-0.39, 0.29) is 5.56 Å². The SMILES string of the molecule is O=C(Nc1ncccc1Br)c1cccc(F)c1. The van der Waals surface area contributed by atoms with Crippen molar-refractivity contribution < 1.29 is 9.18 Å². The Kier molecular flexibility index (Phi) is 3.49. The number of pyridine rings is 1. The zero-order chi connectivity index (χ0) is 12.3. The van der Waals surface area contributed by atoms with Crippen molar-refractivity contribution in [3.8, 4) is 0 Å². The van der Waals surface area contributed by atoms with Crippen molar-refractivity contribution in [1.82, 2.24) is 4.98 Å². The molecule has 0 fully saturated rings. The van der Waals surface area contributed by atoms with Gasteiger partial charge in [0.25, 0.3) is 5.91 Å². The predicted molar refractivity (Wildman–Crippen MR) is 66.3 cm³/mol. The number of nitrogens with one attached hydrogen (secondary N) is 1. The Hall–Kier alpha value is -1.75. The molecule has 86 valence electrons. The lowest BCUT2D eigenvalue weighted by Crippen LogP contribution is -2.13. The van der Waals surface area contributed by atoms with E-state index in [2.05, 4.69) is 26.2 Å². The van der Waals surface area contributed by atoms with E-state index in [9.17, 15) is 9.18 Å². The monoisotopic (exact) mass is 294 g/mol. The molecular weight excluding hydrogens is 287 g/mol. The van der Waals surface area contributed by atoms with Crippen LogP contribution >= 0.6 is 15.9 Å². The molecule has 0 aliphatic rings. The second kappa shape index (κ2) is 5.05. The third-order valence-electron chi connectivity index (χ3n) is 2.08. The standard InChI is InChI=1S/C12H8BrFN2O/c13-10-5-2-6-15-11(10)16-12(17)8-3-1-4-9(14)7-8/h1-7H,(H,15,16,17). The molecule has 0 aliphatic heterocycles. The van der Waals surface area contributed by atoms with Gasteiger partial charge in [-0.3, -0.25) is 4.79 Å². The van der Waals surface area contributed by atoms with E-state index in [1.807, 2.05) is 0 Å². The first-order valence-electron chi connectivity index (χ1n) is 4.84. The largest absolute Gasteiger partial charge is 0.306 e. The Balaban J connectivity index is 2.20. The van der Waals surface area contributed by atoms with Gasteiger partial charge in [-0.25, -0.2) is 9.37 Å². The van der Waals surface area contributed by atoms with Crippen LogP contribution in [0.1, 0.15) is 10.4 Å². The quantitative estimate of drug-likeness (QED) is 0.924. The van der Waals surface area contributed by atoms with Gasteiger partial charge in [0.15, 0.2) is 0 Å². The summed E-state index contributed by atoms with van der Waals surface area (Å²) in [4.78, 5) is 15.8. The first-order chi connectivity index (χ1) is 8.16. The van der Waals surface area contributed by atoms with E-state index >= 15 is 0 Å². The highest BCUT2D eigenvalue weighted by molar-refractivity contribution is 9.10. The lowest BCUT2D eigenvalue weighted by Gasteiger charge is -2.05. The molecule has 1 aromatic heterocycles. The zero-order valence-electron chi connectivity index (χ0n) is 8.65. The van der Waals surface area contributed by atoms with Gasteiger partial charge < -0.3 is 5.32 Å². The Bertz CT molecular complexity index is 560. The van der Waals surface area contributed by atoms with Crippen molar-refractivity contribution in [2.75, 3.05) is 5.32 Å². The summed E-state index contributed by atoms with van der Waals surface area (Å²) < 4.78 is 13.6. The number of amides is 1. The predicted octanol–water partition coefficient (Wildman–Crippen LogP) is 3.24. The summed E-state index contributed by atoms with van der Waals surface area (Å²) in [6, 6.07) is 8.97. The van der Waals surface area contributed by atoms with E-state index in [1.165, 1.54) is 24.3 Å². The normalized spacial score (nSPS) is 10.0. The first-order valence-corrected chi connectivity index (χ1v) is 5.63. The number of nitrogens with zero attached hydrogens (tertiary/aromatic N) is 1. The van der Waals surface area contributed by atoms with Gasteiger partial charge in [-0.1, -0.05) is 6.07 Å². The fourth-order valence-corrected chi connectivity index (χ4v) is 1.64. The molecule has 0 saturated carbocycles. The maximum absolute atomic E-state index is 12.9. The van der Waals surface area contributed by atoms with Crippen LogP contribution in [0.3, 0.4) is 0 Å². The van der Waals surface area contributed by atoms with E-state index in [0.717, 1.165) is 0 Å². The lowest BCUT2D eigenvalue weighted by molar-refractivity contribution is 0.102. The van der Waals surface area contributed by atoms with Gasteiger partial charge >= 0.3 is 0 Å². The molecule has 1 heterocycles. The average Bonchev–Trinajstić information content (AvgIpc) is 2.32. The molecule has 0 unspecified atom stereocenters. The molecular formula is C12H8BrFN2O. The molecule has 5 heteroatoms. The maximum Gasteiger partial charge on any atom is 0.256 e. The van der Waals surface area contributed by atoms with Crippen LogP contribution in [-0.4, -0.2) is 10.9 Å². The summed E-state index contributed by atoms with van der Waals surface area (Å²) >= 11 is 3.26. The molecule has 0 bridgehead atoms. The summed E-state index contributed by atoms with van der Waals surface area (Å²) in [6.45, 7) is 0. The highest BCUT2D eigenvalue weighted by Crippen LogP contribution is 2.19. The molecule has 0 atom stereocenters. The molecule has 0 spiro atoms. The van der Waals surface area contributed by atoms with Crippen LogP contribution in [0.15, 0.2) is 47.1 Å². The van der Waals surface area contributed by atoms with Crippen molar-refractivity contribution in [3.63, 3.8) is 0 Å². The Morgan fingerprint density at radius 2 is 2.12 bits per heavy atom. The number of rotatable bonds is 2. The van der Waals surface area contributed by atoms with Gasteiger partial charge in [0, 0.05) is 11.8 Å². The average molecular weight is 295 g/mol. The number of carbonyl (C=O) groups is 1. The molecule has 1 amide bonds. The van der Waals surface area contributed by atoms with Crippen LogP contribution in [0.4, 0.5) is 10.2 Å². The summed E-state index contributed by atoms with van der Waals surface area (Å²) in [7, 11) is 0. The number of halogens is 2. The third-order valence-corrected chi connectivity index (χ3v) is 2.72. The minimum atomic E-state index is -0.447. The second-order valence-electron chi connectivity index (χ2n) is 3.30. The molecule has 0 radical (unpaired) electrons. The van der Waals surface area contributed by atoms with E-state index < -0.39 is 11.7 Å². The molecule has 1 N–H and O–H groups in total. The van der Waals surface area contributed by atoms with Crippen molar-refractivity contribution in [1.29, 1.82) is 0 Å². The van der Waals surface area contributed by atoms with Gasteiger partial charge in [0.1, 0.15) is 11.6 Å². The van der Waals surface area contributed by atoms with Crippen molar-refractivity contribution in [3.05, 3.63) is 58.4 Å². The van der Waals surface area contributed by atoms with Crippen LogP contribution in [0.2, 0.25) is 0 Å². The first kappa shape index (κ1) is 11.7. The Morgan fingerprint density at radius 1 is 1.29 bits per heavy atom. The number of hydrogen-bond donors (Lipinski definition) is 1. The fourth-order valence-electron chi connectivity index (χ4n) is 1.29. The molecule has 0 aliphatic carbocycles. The summed E-state index contributed by atoms with van der Waals surface area (Å²) in [5.74, 6) is -0.441. The molecule has 3 nitrogen and oxygen atoms in total. The van der Waals surface area contributed by atoms with E-state index in [4.69, 9.17) is 0 Å². The minimum absolute atomic E-state index is 0.252. The summed E-state index contributed by atoms with van der Waals surface area (Å²) in [5, 5.41) is 2.59. The number of anilines is 1. The number of benzene rings is 1. The van der Waals surface area contributed by atoms with Gasteiger partial charge in [0.05, 0.1) is 4.47 Å². The van der Waals surface area contributed by atoms with E-state index in [1.54, 1.807) is 18.3 Å². The topological polar surface area (TPSA) is 42.0 Å². The number of carbonyl (C=O) groups excluding carboxylic acids is 1. The molecule has 1 aromatic carbocycles. The van der Waals surface area contributed by atoms with Crippen LogP contribution in [0.5, 0.6) is 0 Å². The fraction of sp³-hybridized carbons (Fsp3) is 0. The minimum Gasteiger partial charge on any atom is -0.306 e. The number of hydrogen-bond acceptors (Lipinski definition) is 2. The number of aromatic nitrogens is 1. The van der Waals surface area contributed by atoms with Crippen molar-refractivity contribution in [2.24, 2.45) is 0 Å². The lowest BCUT2D eigenvalue weighted by atomic mass is 10.2. The summed E-state index contributed by atoms with van der Waals surface area (Å²) in [6.07, 6.45) is 1.56. The second-order valence-corrected chi connectivity index (χ2v) is 4.15. The van der Waals surface area contributed by atoms with Crippen LogP contribution in [-0.2, 0) is 0 Å². The molecule has 17 heavy (non-hydrogen) atoms. The van der Waals surface area contributed by atoms with Crippen molar-refractivity contribution in [2.45, 2.75) is 0 Å². The third kappa shape index (κ3) is 2.88. The van der Waals surface area contributed by atoms with Crippen LogP contribution in [0, 0.1) is 5.82 Å². The maximum atomic E-state index is 12.9. The highest BCUT2D eigenvalue weighted by Gasteiger charge is 2.09. The van der Waals surface area contributed by atoms with Gasteiger partial charge in [-0.15, -0.1) is 0 Å².